The molecule has 0 aromatic heterocycles. The third-order valence-corrected chi connectivity index (χ3v) is 5.47. The van der Waals surface area contributed by atoms with Crippen molar-refractivity contribution in [3.8, 4) is 0 Å². The SMILES string of the molecule is CCCCCCCCS(=O)(=O)c1cc(C(=O)O)ccc1C. The Bertz CT molecular complexity index is 576. The maximum absolute atomic E-state index is 12.3. The van der Waals surface area contributed by atoms with Crippen LogP contribution in [0.1, 0.15) is 61.4 Å². The van der Waals surface area contributed by atoms with Gasteiger partial charge in [-0.25, -0.2) is 13.2 Å². The van der Waals surface area contributed by atoms with Crippen LogP contribution in [0.3, 0.4) is 0 Å². The summed E-state index contributed by atoms with van der Waals surface area (Å²) in [6, 6.07) is 4.25. The van der Waals surface area contributed by atoms with Gasteiger partial charge < -0.3 is 5.11 Å². The molecule has 4 nitrogen and oxygen atoms in total. The van der Waals surface area contributed by atoms with Crippen LogP contribution in [0.5, 0.6) is 0 Å². The quantitative estimate of drug-likeness (QED) is 0.703. The van der Waals surface area contributed by atoms with E-state index in [0.29, 0.717) is 12.0 Å². The van der Waals surface area contributed by atoms with E-state index >= 15 is 0 Å². The first kappa shape index (κ1) is 17.7. The van der Waals surface area contributed by atoms with Crippen LogP contribution in [0, 0.1) is 6.92 Å². The molecular weight excluding hydrogens is 288 g/mol. The predicted octanol–water partition coefficient (Wildman–Crippen LogP) is 3.83. The molecule has 1 rings (SSSR count). The van der Waals surface area contributed by atoms with Gasteiger partial charge in [-0.3, -0.25) is 0 Å². The zero-order valence-electron chi connectivity index (χ0n) is 12.8. The molecule has 0 heterocycles. The molecule has 0 radical (unpaired) electrons. The Hall–Kier alpha value is -1.36. The second-order valence-corrected chi connectivity index (χ2v) is 7.45. The number of carbonyl (C=O) groups is 1. The van der Waals surface area contributed by atoms with Crippen LogP contribution in [0.4, 0.5) is 0 Å². The number of rotatable bonds is 9. The molecule has 0 bridgehead atoms. The van der Waals surface area contributed by atoms with Crippen molar-refractivity contribution < 1.29 is 18.3 Å². The van der Waals surface area contributed by atoms with E-state index in [2.05, 4.69) is 6.92 Å². The number of carboxylic acids is 1. The van der Waals surface area contributed by atoms with Crippen molar-refractivity contribution in [2.24, 2.45) is 0 Å². The smallest absolute Gasteiger partial charge is 0.335 e. The van der Waals surface area contributed by atoms with Crippen LogP contribution >= 0.6 is 0 Å². The van der Waals surface area contributed by atoms with Crippen LogP contribution in [0.25, 0.3) is 0 Å². The minimum atomic E-state index is -3.40. The monoisotopic (exact) mass is 312 g/mol. The molecule has 5 heteroatoms. The lowest BCUT2D eigenvalue weighted by Gasteiger charge is -2.09. The third kappa shape index (κ3) is 5.50. The van der Waals surface area contributed by atoms with Gasteiger partial charge in [-0.1, -0.05) is 45.1 Å². The third-order valence-electron chi connectivity index (χ3n) is 3.54. The Morgan fingerprint density at radius 2 is 1.71 bits per heavy atom. The molecule has 0 aliphatic heterocycles. The maximum Gasteiger partial charge on any atom is 0.335 e. The van der Waals surface area contributed by atoms with Gasteiger partial charge >= 0.3 is 5.97 Å². The van der Waals surface area contributed by atoms with E-state index in [1.54, 1.807) is 13.0 Å². The van der Waals surface area contributed by atoms with Crippen molar-refractivity contribution in [3.05, 3.63) is 29.3 Å². The Kier molecular flexibility index (Phi) is 6.89. The minimum Gasteiger partial charge on any atom is -0.478 e. The van der Waals surface area contributed by atoms with Gasteiger partial charge in [0.25, 0.3) is 0 Å². The zero-order valence-corrected chi connectivity index (χ0v) is 13.6. The maximum atomic E-state index is 12.3. The summed E-state index contributed by atoms with van der Waals surface area (Å²) < 4.78 is 24.6. The topological polar surface area (TPSA) is 71.4 Å². The summed E-state index contributed by atoms with van der Waals surface area (Å²) in [4.78, 5) is 11.1. The van der Waals surface area contributed by atoms with Crippen LogP contribution < -0.4 is 0 Å². The number of unbranched alkanes of at least 4 members (excludes halogenated alkanes) is 5. The van der Waals surface area contributed by atoms with Crippen LogP contribution in [-0.2, 0) is 9.84 Å². The molecule has 118 valence electrons. The minimum absolute atomic E-state index is 0.0159. The summed E-state index contributed by atoms with van der Waals surface area (Å²) in [6.45, 7) is 3.84. The van der Waals surface area contributed by atoms with Crippen molar-refractivity contribution >= 4 is 15.8 Å². The molecule has 1 aromatic rings. The van der Waals surface area contributed by atoms with Crippen molar-refractivity contribution in [3.63, 3.8) is 0 Å². The number of hydrogen-bond acceptors (Lipinski definition) is 3. The van der Waals surface area contributed by atoms with Crippen LogP contribution in [-0.4, -0.2) is 25.2 Å². The van der Waals surface area contributed by atoms with E-state index in [9.17, 15) is 13.2 Å². The van der Waals surface area contributed by atoms with Crippen molar-refractivity contribution in [1.29, 1.82) is 0 Å². The van der Waals surface area contributed by atoms with E-state index < -0.39 is 15.8 Å². The Balaban J connectivity index is 2.70. The summed E-state index contributed by atoms with van der Waals surface area (Å²) in [6.07, 6.45) is 6.08. The average Bonchev–Trinajstić information content (AvgIpc) is 2.42. The number of aryl methyl sites for hydroxylation is 1. The first-order valence-corrected chi connectivity index (χ1v) is 9.10. The second-order valence-electron chi connectivity index (χ2n) is 5.37. The van der Waals surface area contributed by atoms with E-state index in [1.165, 1.54) is 25.0 Å². The largest absolute Gasteiger partial charge is 0.478 e. The van der Waals surface area contributed by atoms with Crippen LogP contribution in [0.15, 0.2) is 23.1 Å². The van der Waals surface area contributed by atoms with E-state index in [4.69, 9.17) is 5.11 Å². The number of benzene rings is 1. The summed E-state index contributed by atoms with van der Waals surface area (Å²) in [5.74, 6) is -1.02. The van der Waals surface area contributed by atoms with Gasteiger partial charge in [0.1, 0.15) is 0 Å². The van der Waals surface area contributed by atoms with Gasteiger partial charge in [-0.05, 0) is 31.0 Å². The van der Waals surface area contributed by atoms with Gasteiger partial charge in [-0.15, -0.1) is 0 Å². The van der Waals surface area contributed by atoms with Gasteiger partial charge in [0.2, 0.25) is 0 Å². The molecule has 0 aliphatic carbocycles. The molecule has 0 amide bonds. The lowest BCUT2D eigenvalue weighted by atomic mass is 10.1. The molecule has 0 fully saturated rings. The second kappa shape index (κ2) is 8.17. The van der Waals surface area contributed by atoms with Crippen molar-refractivity contribution in [1.82, 2.24) is 0 Å². The fourth-order valence-corrected chi connectivity index (χ4v) is 3.92. The zero-order chi connectivity index (χ0) is 15.9. The summed E-state index contributed by atoms with van der Waals surface area (Å²) in [5, 5.41) is 8.97. The predicted molar refractivity (Wildman–Crippen MR) is 83.6 cm³/mol. The molecule has 0 saturated heterocycles. The van der Waals surface area contributed by atoms with E-state index in [-0.39, 0.29) is 16.2 Å². The number of aromatic carboxylic acids is 1. The summed E-state index contributed by atoms with van der Waals surface area (Å²) in [5.41, 5.74) is 0.619. The molecule has 21 heavy (non-hydrogen) atoms. The number of carboxylic acid groups (broad SMARTS) is 1. The first-order valence-electron chi connectivity index (χ1n) is 7.45. The standard InChI is InChI=1S/C16H24O4S/c1-3-4-5-6-7-8-11-21(19,20)15-12-14(16(17)18)10-9-13(15)2/h9-10,12H,3-8,11H2,1-2H3,(H,17,18). The Morgan fingerprint density at radius 3 is 2.33 bits per heavy atom. The molecule has 0 spiro atoms. The molecular formula is C16H24O4S. The molecule has 1 N–H and O–H groups in total. The molecule has 0 unspecified atom stereocenters. The fraction of sp³-hybridized carbons (Fsp3) is 0.562. The highest BCUT2D eigenvalue weighted by Gasteiger charge is 2.18. The Morgan fingerprint density at radius 1 is 1.10 bits per heavy atom. The first-order chi connectivity index (χ1) is 9.88. The molecule has 0 atom stereocenters. The molecule has 1 aromatic carbocycles. The summed E-state index contributed by atoms with van der Waals surface area (Å²) in [7, 11) is -3.40. The van der Waals surface area contributed by atoms with E-state index in [0.717, 1.165) is 19.3 Å². The lowest BCUT2D eigenvalue weighted by molar-refractivity contribution is 0.0696. The van der Waals surface area contributed by atoms with Gasteiger partial charge in [0.15, 0.2) is 9.84 Å². The van der Waals surface area contributed by atoms with Gasteiger partial charge in [0.05, 0.1) is 16.2 Å². The number of hydrogen-bond donors (Lipinski definition) is 1. The van der Waals surface area contributed by atoms with Gasteiger partial charge in [-0.2, -0.15) is 0 Å². The normalized spacial score (nSPS) is 11.5. The van der Waals surface area contributed by atoms with Crippen LogP contribution in [0.2, 0.25) is 0 Å². The highest BCUT2D eigenvalue weighted by Crippen LogP contribution is 2.20. The van der Waals surface area contributed by atoms with Gasteiger partial charge in [0, 0.05) is 0 Å². The van der Waals surface area contributed by atoms with Crippen molar-refractivity contribution in [2.75, 3.05) is 5.75 Å². The highest BCUT2D eigenvalue weighted by molar-refractivity contribution is 7.91. The van der Waals surface area contributed by atoms with E-state index in [1.807, 2.05) is 0 Å². The van der Waals surface area contributed by atoms with Crippen molar-refractivity contribution in [2.45, 2.75) is 57.3 Å². The Labute approximate surface area is 127 Å². The molecule has 0 saturated carbocycles. The molecule has 0 aliphatic rings. The number of sulfone groups is 1. The lowest BCUT2D eigenvalue weighted by Crippen LogP contribution is -2.10. The average molecular weight is 312 g/mol. The highest BCUT2D eigenvalue weighted by atomic mass is 32.2. The fourth-order valence-electron chi connectivity index (χ4n) is 2.25. The summed E-state index contributed by atoms with van der Waals surface area (Å²) >= 11 is 0.